The fourth-order valence-corrected chi connectivity index (χ4v) is 6.62. The van der Waals surface area contributed by atoms with Crippen molar-refractivity contribution in [1.29, 1.82) is 0 Å². The molecule has 0 aromatic carbocycles. The van der Waals surface area contributed by atoms with Crippen molar-refractivity contribution in [3.05, 3.63) is 0 Å². The molecule has 0 radical (unpaired) electrons. The standard InChI is InChI=1S/C23H42N4O/c1-17(28)25-22-13-21(14-24-15-22)19-8-5-9-20(12-19)23-10-11-27(26-23)16-18-6-3-2-4-7-18/h18-24,26H,2-16H2,1H3,(H,25,28). The summed E-state index contributed by atoms with van der Waals surface area (Å²) >= 11 is 0. The van der Waals surface area contributed by atoms with Crippen LogP contribution in [0, 0.1) is 23.7 Å². The Morgan fingerprint density at radius 2 is 1.75 bits per heavy atom. The number of hydrogen-bond acceptors (Lipinski definition) is 4. The predicted octanol–water partition coefficient (Wildman–Crippen LogP) is 3.07. The molecule has 4 aliphatic rings. The summed E-state index contributed by atoms with van der Waals surface area (Å²) in [6.45, 7) is 6.24. The average molecular weight is 391 g/mol. The number of nitrogens with one attached hydrogen (secondary N) is 3. The van der Waals surface area contributed by atoms with Gasteiger partial charge in [0.15, 0.2) is 0 Å². The molecule has 0 aromatic heterocycles. The van der Waals surface area contributed by atoms with Gasteiger partial charge in [0, 0.05) is 38.6 Å². The SMILES string of the molecule is CC(=O)NC1CNCC(C2CCCC(C3CCN(CC4CCCCC4)N3)C2)C1. The fraction of sp³-hybridized carbons (Fsp3) is 0.957. The average Bonchev–Trinajstić information content (AvgIpc) is 3.17. The van der Waals surface area contributed by atoms with Crippen molar-refractivity contribution >= 4 is 5.91 Å². The van der Waals surface area contributed by atoms with Crippen molar-refractivity contribution in [3.8, 4) is 0 Å². The lowest BCUT2D eigenvalue weighted by Crippen LogP contribution is -2.50. The Labute approximate surface area is 171 Å². The van der Waals surface area contributed by atoms with Gasteiger partial charge in [-0.2, -0.15) is 0 Å². The van der Waals surface area contributed by atoms with E-state index in [9.17, 15) is 4.79 Å². The van der Waals surface area contributed by atoms with Crippen LogP contribution >= 0.6 is 0 Å². The second-order valence-electron chi connectivity index (χ2n) is 10.2. The largest absolute Gasteiger partial charge is 0.352 e. The zero-order valence-corrected chi connectivity index (χ0v) is 17.9. The van der Waals surface area contributed by atoms with Gasteiger partial charge in [-0.3, -0.25) is 10.2 Å². The monoisotopic (exact) mass is 390 g/mol. The third-order valence-corrected chi connectivity index (χ3v) is 8.04. The summed E-state index contributed by atoms with van der Waals surface area (Å²) in [5, 5.41) is 9.30. The first kappa shape index (κ1) is 20.6. The Hall–Kier alpha value is -0.650. The first-order chi connectivity index (χ1) is 13.7. The van der Waals surface area contributed by atoms with Crippen LogP contribution in [0.15, 0.2) is 0 Å². The van der Waals surface area contributed by atoms with Crippen LogP contribution in [-0.4, -0.2) is 49.2 Å². The van der Waals surface area contributed by atoms with Gasteiger partial charge in [-0.05, 0) is 68.7 Å². The minimum atomic E-state index is 0.113. The third kappa shape index (κ3) is 5.48. The number of amides is 1. The zero-order valence-electron chi connectivity index (χ0n) is 17.9. The molecule has 2 saturated heterocycles. The highest BCUT2D eigenvalue weighted by Crippen LogP contribution is 2.39. The number of carbonyl (C=O) groups excluding carboxylic acids is 1. The van der Waals surface area contributed by atoms with E-state index in [0.717, 1.165) is 43.2 Å². The summed E-state index contributed by atoms with van der Waals surface area (Å²) in [6, 6.07) is 1.03. The molecule has 2 aliphatic carbocycles. The Balaban J connectivity index is 1.25. The van der Waals surface area contributed by atoms with E-state index >= 15 is 0 Å². The summed E-state index contributed by atoms with van der Waals surface area (Å²) in [4.78, 5) is 11.4. The number of rotatable bonds is 5. The molecule has 2 aliphatic heterocycles. The maximum absolute atomic E-state index is 11.4. The lowest BCUT2D eigenvalue weighted by atomic mass is 9.70. The summed E-state index contributed by atoms with van der Waals surface area (Å²) in [7, 11) is 0. The molecule has 0 spiro atoms. The molecule has 2 saturated carbocycles. The van der Waals surface area contributed by atoms with Crippen LogP contribution < -0.4 is 16.1 Å². The minimum absolute atomic E-state index is 0.113. The Morgan fingerprint density at radius 1 is 0.929 bits per heavy atom. The van der Waals surface area contributed by atoms with E-state index in [0.29, 0.717) is 12.1 Å². The van der Waals surface area contributed by atoms with Crippen molar-refractivity contribution in [2.24, 2.45) is 23.7 Å². The predicted molar refractivity (Wildman–Crippen MR) is 114 cm³/mol. The maximum atomic E-state index is 11.4. The number of piperidine rings is 1. The topological polar surface area (TPSA) is 56.4 Å². The normalized spacial score (nSPS) is 38.4. The van der Waals surface area contributed by atoms with E-state index in [2.05, 4.69) is 21.1 Å². The first-order valence-corrected chi connectivity index (χ1v) is 12.2. The molecule has 5 atom stereocenters. The van der Waals surface area contributed by atoms with E-state index in [1.165, 1.54) is 77.3 Å². The molecular weight excluding hydrogens is 348 g/mol. The minimum Gasteiger partial charge on any atom is -0.352 e. The molecule has 4 rings (SSSR count). The second kappa shape index (κ2) is 9.90. The number of nitrogens with zero attached hydrogens (tertiary/aromatic N) is 1. The van der Waals surface area contributed by atoms with E-state index < -0.39 is 0 Å². The highest BCUT2D eigenvalue weighted by atomic mass is 16.1. The zero-order chi connectivity index (χ0) is 19.3. The summed E-state index contributed by atoms with van der Waals surface area (Å²) in [5.41, 5.74) is 3.93. The van der Waals surface area contributed by atoms with Gasteiger partial charge in [0.2, 0.25) is 5.91 Å². The van der Waals surface area contributed by atoms with Gasteiger partial charge in [0.25, 0.3) is 0 Å². The lowest BCUT2D eigenvalue weighted by Gasteiger charge is -2.41. The summed E-state index contributed by atoms with van der Waals surface area (Å²) < 4.78 is 0. The summed E-state index contributed by atoms with van der Waals surface area (Å²) in [5.74, 6) is 3.45. The van der Waals surface area contributed by atoms with Gasteiger partial charge in [0.1, 0.15) is 0 Å². The van der Waals surface area contributed by atoms with Crippen molar-refractivity contribution in [2.45, 2.75) is 89.6 Å². The highest BCUT2D eigenvalue weighted by Gasteiger charge is 2.37. The maximum Gasteiger partial charge on any atom is 0.217 e. The van der Waals surface area contributed by atoms with Crippen LogP contribution in [0.3, 0.4) is 0 Å². The molecule has 28 heavy (non-hydrogen) atoms. The smallest absolute Gasteiger partial charge is 0.217 e. The molecule has 4 fully saturated rings. The van der Waals surface area contributed by atoms with Gasteiger partial charge in [-0.25, -0.2) is 5.01 Å². The molecule has 5 unspecified atom stereocenters. The Morgan fingerprint density at radius 3 is 2.57 bits per heavy atom. The van der Waals surface area contributed by atoms with E-state index in [1.807, 2.05) is 0 Å². The van der Waals surface area contributed by atoms with E-state index in [1.54, 1.807) is 6.92 Å². The molecule has 0 bridgehead atoms. The van der Waals surface area contributed by atoms with Gasteiger partial charge < -0.3 is 10.6 Å². The van der Waals surface area contributed by atoms with Gasteiger partial charge in [0.05, 0.1) is 0 Å². The van der Waals surface area contributed by atoms with Crippen molar-refractivity contribution in [1.82, 2.24) is 21.1 Å². The lowest BCUT2D eigenvalue weighted by molar-refractivity contribution is -0.119. The quantitative estimate of drug-likeness (QED) is 0.675. The highest BCUT2D eigenvalue weighted by molar-refractivity contribution is 5.73. The van der Waals surface area contributed by atoms with Gasteiger partial charge in [-0.1, -0.05) is 32.1 Å². The number of carbonyl (C=O) groups is 1. The second-order valence-corrected chi connectivity index (χ2v) is 10.2. The molecule has 5 nitrogen and oxygen atoms in total. The molecular formula is C23H42N4O. The molecule has 160 valence electrons. The fourth-order valence-electron chi connectivity index (χ4n) is 6.62. The van der Waals surface area contributed by atoms with Crippen molar-refractivity contribution < 1.29 is 4.79 Å². The molecule has 2 heterocycles. The molecule has 5 heteroatoms. The third-order valence-electron chi connectivity index (χ3n) is 8.04. The van der Waals surface area contributed by atoms with Crippen LogP contribution in [-0.2, 0) is 4.79 Å². The molecule has 1 amide bonds. The Kier molecular flexibility index (Phi) is 7.29. The van der Waals surface area contributed by atoms with Crippen LogP contribution in [0.25, 0.3) is 0 Å². The van der Waals surface area contributed by atoms with Crippen LogP contribution in [0.4, 0.5) is 0 Å². The number of hydrazine groups is 1. The summed E-state index contributed by atoms with van der Waals surface area (Å²) in [6.07, 6.45) is 15.3. The Bertz CT molecular complexity index is 507. The van der Waals surface area contributed by atoms with E-state index in [4.69, 9.17) is 0 Å². The molecule has 3 N–H and O–H groups in total. The van der Waals surface area contributed by atoms with Crippen molar-refractivity contribution in [3.63, 3.8) is 0 Å². The molecule has 0 aromatic rings. The van der Waals surface area contributed by atoms with Gasteiger partial charge >= 0.3 is 0 Å². The van der Waals surface area contributed by atoms with Gasteiger partial charge in [-0.15, -0.1) is 0 Å². The van der Waals surface area contributed by atoms with E-state index in [-0.39, 0.29) is 5.91 Å². The number of hydrogen-bond donors (Lipinski definition) is 3. The van der Waals surface area contributed by atoms with Crippen LogP contribution in [0.1, 0.15) is 77.6 Å². The van der Waals surface area contributed by atoms with Crippen LogP contribution in [0.5, 0.6) is 0 Å². The van der Waals surface area contributed by atoms with Crippen molar-refractivity contribution in [2.75, 3.05) is 26.2 Å². The first-order valence-electron chi connectivity index (χ1n) is 12.2. The van der Waals surface area contributed by atoms with Crippen LogP contribution in [0.2, 0.25) is 0 Å².